The summed E-state index contributed by atoms with van der Waals surface area (Å²) in [4.78, 5) is 11.9. The summed E-state index contributed by atoms with van der Waals surface area (Å²) in [6.45, 7) is -0.0810. The summed E-state index contributed by atoms with van der Waals surface area (Å²) >= 11 is 11.8. The third-order valence-corrected chi connectivity index (χ3v) is 4.32. The van der Waals surface area contributed by atoms with Crippen LogP contribution in [0.15, 0.2) is 24.3 Å². The average Bonchev–Trinajstić information content (AvgIpc) is 2.58. The molecule has 5 atom stereocenters. The van der Waals surface area contributed by atoms with Crippen LogP contribution >= 0.6 is 23.2 Å². The molecule has 2 rings (SSSR count). The summed E-state index contributed by atoms with van der Waals surface area (Å²) in [5, 5.41) is 32.8. The van der Waals surface area contributed by atoms with Crippen LogP contribution in [0.4, 0.5) is 0 Å². The van der Waals surface area contributed by atoms with Gasteiger partial charge in [-0.1, -0.05) is 29.3 Å². The molecule has 1 fully saturated rings. The van der Waals surface area contributed by atoms with Gasteiger partial charge >= 0.3 is 0 Å². The molecule has 0 radical (unpaired) electrons. The fourth-order valence-corrected chi connectivity index (χ4v) is 2.81. The molecular formula is C16H19Cl2NO6. The topological polar surface area (TPSA) is 108 Å². The van der Waals surface area contributed by atoms with E-state index in [2.05, 4.69) is 5.32 Å². The van der Waals surface area contributed by atoms with E-state index in [0.717, 1.165) is 0 Å². The predicted molar refractivity (Wildman–Crippen MR) is 92.2 cm³/mol. The molecule has 1 amide bonds. The van der Waals surface area contributed by atoms with Gasteiger partial charge in [-0.3, -0.25) is 4.79 Å². The van der Waals surface area contributed by atoms with Gasteiger partial charge in [-0.2, -0.15) is 0 Å². The first-order chi connectivity index (χ1) is 11.8. The SMILES string of the molecule is CO[C@H]1O[C@H](CNC(=O)C=Cc2ccc(Cl)cc2Cl)[C@@H](O)[C@H](O)[C@@H]1O. The molecule has 0 aliphatic carbocycles. The van der Waals surface area contributed by atoms with Crippen molar-refractivity contribution in [2.75, 3.05) is 13.7 Å². The van der Waals surface area contributed by atoms with Gasteiger partial charge in [0.2, 0.25) is 5.91 Å². The second-order valence-electron chi connectivity index (χ2n) is 5.49. The maximum Gasteiger partial charge on any atom is 0.244 e. The molecule has 0 spiro atoms. The number of hydrogen-bond donors (Lipinski definition) is 4. The predicted octanol–water partition coefficient (Wildman–Crippen LogP) is 0.577. The highest BCUT2D eigenvalue weighted by atomic mass is 35.5. The second-order valence-corrected chi connectivity index (χ2v) is 6.34. The van der Waals surface area contributed by atoms with Gasteiger partial charge < -0.3 is 30.1 Å². The average molecular weight is 392 g/mol. The van der Waals surface area contributed by atoms with Gasteiger partial charge in [0.25, 0.3) is 0 Å². The number of halogens is 2. The first-order valence-corrected chi connectivity index (χ1v) is 8.22. The minimum absolute atomic E-state index is 0.0810. The number of aliphatic hydroxyl groups excluding tert-OH is 3. The Morgan fingerprint density at radius 2 is 2.00 bits per heavy atom. The van der Waals surface area contributed by atoms with Crippen molar-refractivity contribution < 1.29 is 29.6 Å². The summed E-state index contributed by atoms with van der Waals surface area (Å²) in [7, 11) is 1.30. The van der Waals surface area contributed by atoms with Crippen molar-refractivity contribution in [3.05, 3.63) is 39.9 Å². The van der Waals surface area contributed by atoms with Crippen molar-refractivity contribution in [2.45, 2.75) is 30.7 Å². The standard InChI is InChI=1S/C16H19Cl2NO6/c1-24-16-15(23)14(22)13(21)11(25-16)7-19-12(20)5-3-8-2-4-9(17)6-10(8)18/h2-6,11,13-16,21-23H,7H2,1H3,(H,19,20)/t11-,13-,14+,15+,16+/m1/s1. The number of rotatable bonds is 5. The van der Waals surface area contributed by atoms with E-state index in [1.807, 2.05) is 0 Å². The smallest absolute Gasteiger partial charge is 0.244 e. The van der Waals surface area contributed by atoms with Crippen molar-refractivity contribution in [3.63, 3.8) is 0 Å². The molecule has 4 N–H and O–H groups in total. The molecule has 1 saturated heterocycles. The molecule has 0 bridgehead atoms. The largest absolute Gasteiger partial charge is 0.388 e. The van der Waals surface area contributed by atoms with E-state index in [4.69, 9.17) is 32.7 Å². The molecule has 1 aromatic carbocycles. The molecule has 0 aromatic heterocycles. The van der Waals surface area contributed by atoms with Gasteiger partial charge in [0.15, 0.2) is 6.29 Å². The van der Waals surface area contributed by atoms with Crippen LogP contribution in [0, 0.1) is 0 Å². The number of amides is 1. The van der Waals surface area contributed by atoms with Gasteiger partial charge in [-0.15, -0.1) is 0 Å². The van der Waals surface area contributed by atoms with Crippen LogP contribution in [0.2, 0.25) is 10.0 Å². The van der Waals surface area contributed by atoms with E-state index in [0.29, 0.717) is 15.6 Å². The minimum atomic E-state index is -1.44. The Balaban J connectivity index is 1.91. The van der Waals surface area contributed by atoms with Crippen molar-refractivity contribution >= 4 is 35.2 Å². The Morgan fingerprint density at radius 3 is 2.64 bits per heavy atom. The third-order valence-electron chi connectivity index (χ3n) is 3.76. The van der Waals surface area contributed by atoms with E-state index in [9.17, 15) is 20.1 Å². The molecule has 0 saturated carbocycles. The van der Waals surface area contributed by atoms with E-state index >= 15 is 0 Å². The van der Waals surface area contributed by atoms with Crippen molar-refractivity contribution in [1.29, 1.82) is 0 Å². The van der Waals surface area contributed by atoms with Crippen LogP contribution in [0.3, 0.4) is 0 Å². The van der Waals surface area contributed by atoms with Gasteiger partial charge in [-0.05, 0) is 23.8 Å². The highest BCUT2D eigenvalue weighted by Gasteiger charge is 2.43. The molecule has 1 aliphatic heterocycles. The zero-order valence-electron chi connectivity index (χ0n) is 13.3. The van der Waals surface area contributed by atoms with Gasteiger partial charge in [0.05, 0.1) is 0 Å². The molecule has 1 aliphatic rings. The van der Waals surface area contributed by atoms with Gasteiger partial charge in [0.1, 0.15) is 24.4 Å². The van der Waals surface area contributed by atoms with Crippen LogP contribution in [-0.2, 0) is 14.3 Å². The van der Waals surface area contributed by atoms with Crippen LogP contribution in [0.5, 0.6) is 0 Å². The molecular weight excluding hydrogens is 373 g/mol. The highest BCUT2D eigenvalue weighted by Crippen LogP contribution is 2.22. The van der Waals surface area contributed by atoms with E-state index in [1.54, 1.807) is 18.2 Å². The number of nitrogens with one attached hydrogen (secondary N) is 1. The van der Waals surface area contributed by atoms with E-state index in [-0.39, 0.29) is 6.54 Å². The van der Waals surface area contributed by atoms with Crippen LogP contribution in [0.25, 0.3) is 6.08 Å². The zero-order chi connectivity index (χ0) is 18.6. The molecule has 1 heterocycles. The number of hydrogen-bond acceptors (Lipinski definition) is 6. The van der Waals surface area contributed by atoms with Crippen LogP contribution in [0.1, 0.15) is 5.56 Å². The maximum atomic E-state index is 11.9. The summed E-state index contributed by atoms with van der Waals surface area (Å²) in [6, 6.07) is 4.88. The lowest BCUT2D eigenvalue weighted by molar-refractivity contribution is -0.288. The van der Waals surface area contributed by atoms with Crippen molar-refractivity contribution in [3.8, 4) is 0 Å². The number of benzene rings is 1. The Morgan fingerprint density at radius 1 is 1.28 bits per heavy atom. The number of aliphatic hydroxyl groups is 3. The third kappa shape index (κ3) is 5.15. The quantitative estimate of drug-likeness (QED) is 0.546. The Kier molecular flexibility index (Phi) is 7.21. The summed E-state index contributed by atoms with van der Waals surface area (Å²) < 4.78 is 10.2. The first-order valence-electron chi connectivity index (χ1n) is 7.47. The monoisotopic (exact) mass is 391 g/mol. The highest BCUT2D eigenvalue weighted by molar-refractivity contribution is 6.35. The van der Waals surface area contributed by atoms with Crippen LogP contribution < -0.4 is 5.32 Å². The summed E-state index contributed by atoms with van der Waals surface area (Å²) in [5.41, 5.74) is 0.619. The minimum Gasteiger partial charge on any atom is -0.388 e. The Labute approximate surface area is 154 Å². The number of ether oxygens (including phenoxy) is 2. The number of carbonyl (C=O) groups is 1. The Hall–Kier alpha value is -1.19. The summed E-state index contributed by atoms with van der Waals surface area (Å²) in [5.74, 6) is -0.448. The maximum absolute atomic E-state index is 11.9. The molecule has 7 nitrogen and oxygen atoms in total. The van der Waals surface area contributed by atoms with Gasteiger partial charge in [-0.25, -0.2) is 0 Å². The summed E-state index contributed by atoms with van der Waals surface area (Å²) in [6.07, 6.45) is -3.42. The lowest BCUT2D eigenvalue weighted by Gasteiger charge is -2.39. The molecule has 0 unspecified atom stereocenters. The second kappa shape index (κ2) is 8.95. The fraction of sp³-hybridized carbons (Fsp3) is 0.438. The van der Waals surface area contributed by atoms with Crippen molar-refractivity contribution in [1.82, 2.24) is 5.32 Å². The lowest BCUT2D eigenvalue weighted by atomic mass is 9.99. The van der Waals surface area contributed by atoms with E-state index in [1.165, 1.54) is 19.3 Å². The number of carbonyl (C=O) groups excluding carboxylic acids is 1. The molecule has 25 heavy (non-hydrogen) atoms. The molecule has 138 valence electrons. The zero-order valence-corrected chi connectivity index (χ0v) is 14.8. The fourth-order valence-electron chi connectivity index (χ4n) is 2.34. The Bertz CT molecular complexity index is 639. The number of methoxy groups -OCH3 is 1. The van der Waals surface area contributed by atoms with E-state index < -0.39 is 36.6 Å². The van der Waals surface area contributed by atoms with Gasteiger partial charge in [0, 0.05) is 29.8 Å². The lowest BCUT2D eigenvalue weighted by Crippen LogP contribution is -2.60. The molecule has 1 aromatic rings. The molecule has 9 heteroatoms. The van der Waals surface area contributed by atoms with Crippen molar-refractivity contribution in [2.24, 2.45) is 0 Å². The first kappa shape index (κ1) is 20.1. The normalized spacial score (nSPS) is 29.8. The van der Waals surface area contributed by atoms with Crippen LogP contribution in [-0.4, -0.2) is 65.6 Å².